The van der Waals surface area contributed by atoms with Gasteiger partial charge in [-0.15, -0.1) is 0 Å². The van der Waals surface area contributed by atoms with Crippen molar-refractivity contribution < 1.29 is 19.7 Å². The summed E-state index contributed by atoms with van der Waals surface area (Å²) in [5.41, 5.74) is 4.56. The van der Waals surface area contributed by atoms with E-state index in [4.69, 9.17) is 9.84 Å². The summed E-state index contributed by atoms with van der Waals surface area (Å²) in [6.07, 6.45) is 5.47. The minimum Gasteiger partial charge on any atom is -0.489 e. The summed E-state index contributed by atoms with van der Waals surface area (Å²) in [7, 11) is 0. The Balaban J connectivity index is 1.29. The molecular weight excluding hydrogens is 392 g/mol. The SMILES string of the molecule is O=C(O)c1ccc(Cc2ccc3c(c2)CC[C@H](CNC[C@H](O)c2cccnc2)O3)cc1. The normalized spacial score (nSPS) is 16.2. The van der Waals surface area contributed by atoms with Gasteiger partial charge in [0.25, 0.3) is 0 Å². The molecule has 2 atom stereocenters. The van der Waals surface area contributed by atoms with Gasteiger partial charge < -0.3 is 20.3 Å². The zero-order valence-corrected chi connectivity index (χ0v) is 17.2. The van der Waals surface area contributed by atoms with Gasteiger partial charge >= 0.3 is 5.97 Å². The number of benzene rings is 2. The Morgan fingerprint density at radius 3 is 2.71 bits per heavy atom. The highest BCUT2D eigenvalue weighted by Gasteiger charge is 2.20. The topological polar surface area (TPSA) is 91.7 Å². The molecule has 0 fully saturated rings. The zero-order valence-electron chi connectivity index (χ0n) is 17.2. The molecule has 0 unspecified atom stereocenters. The van der Waals surface area contributed by atoms with Crippen molar-refractivity contribution >= 4 is 5.97 Å². The van der Waals surface area contributed by atoms with Gasteiger partial charge in [-0.25, -0.2) is 4.79 Å². The van der Waals surface area contributed by atoms with Gasteiger partial charge in [-0.2, -0.15) is 0 Å². The summed E-state index contributed by atoms with van der Waals surface area (Å²) >= 11 is 0. The third kappa shape index (κ3) is 5.48. The fourth-order valence-electron chi connectivity index (χ4n) is 3.82. The number of hydrogen-bond acceptors (Lipinski definition) is 5. The van der Waals surface area contributed by atoms with Gasteiger partial charge in [0.15, 0.2) is 0 Å². The molecule has 2 aromatic carbocycles. The number of aliphatic hydroxyl groups excluding tert-OH is 1. The number of carboxylic acids is 1. The summed E-state index contributed by atoms with van der Waals surface area (Å²) in [6, 6.07) is 16.9. The van der Waals surface area contributed by atoms with Crippen molar-refractivity contribution in [1.82, 2.24) is 10.3 Å². The summed E-state index contributed by atoms with van der Waals surface area (Å²) < 4.78 is 6.14. The smallest absolute Gasteiger partial charge is 0.335 e. The molecule has 3 aromatic rings. The van der Waals surface area contributed by atoms with Crippen molar-refractivity contribution in [2.75, 3.05) is 13.1 Å². The number of aromatic carboxylic acids is 1. The molecule has 4 rings (SSSR count). The van der Waals surface area contributed by atoms with E-state index in [2.05, 4.69) is 22.4 Å². The minimum absolute atomic E-state index is 0.0722. The molecule has 2 heterocycles. The van der Waals surface area contributed by atoms with Crippen molar-refractivity contribution in [2.45, 2.75) is 31.5 Å². The first-order valence-corrected chi connectivity index (χ1v) is 10.5. The predicted octanol–water partition coefficient (Wildman–Crippen LogP) is 3.39. The second-order valence-electron chi connectivity index (χ2n) is 7.86. The number of aliphatic hydroxyl groups is 1. The van der Waals surface area contributed by atoms with Crippen LogP contribution in [0.15, 0.2) is 67.0 Å². The van der Waals surface area contributed by atoms with Crippen molar-refractivity contribution in [3.63, 3.8) is 0 Å². The molecule has 6 heteroatoms. The van der Waals surface area contributed by atoms with E-state index in [0.717, 1.165) is 36.1 Å². The number of aryl methyl sites for hydroxylation is 1. The third-order valence-corrected chi connectivity index (χ3v) is 5.54. The van der Waals surface area contributed by atoms with Gasteiger partial charge in [-0.05, 0) is 60.2 Å². The van der Waals surface area contributed by atoms with E-state index < -0.39 is 12.1 Å². The highest BCUT2D eigenvalue weighted by atomic mass is 16.5. The number of nitrogens with zero attached hydrogens (tertiary/aromatic N) is 1. The maximum Gasteiger partial charge on any atom is 0.335 e. The lowest BCUT2D eigenvalue weighted by atomic mass is 9.96. The highest BCUT2D eigenvalue weighted by Crippen LogP contribution is 2.29. The molecule has 1 aliphatic rings. The fraction of sp³-hybridized carbons (Fsp3) is 0.280. The van der Waals surface area contributed by atoms with Gasteiger partial charge in [-0.1, -0.05) is 30.3 Å². The Morgan fingerprint density at radius 1 is 1.16 bits per heavy atom. The number of nitrogens with one attached hydrogen (secondary N) is 1. The van der Waals surface area contributed by atoms with Crippen LogP contribution in [0.2, 0.25) is 0 Å². The monoisotopic (exact) mass is 418 g/mol. The van der Waals surface area contributed by atoms with Crippen LogP contribution in [-0.4, -0.2) is 40.4 Å². The maximum atomic E-state index is 11.0. The standard InChI is InChI=1S/C25H26N2O4/c28-23(21-2-1-11-26-14-21)16-27-15-22-9-8-20-13-18(5-10-24(20)31-22)12-17-3-6-19(7-4-17)25(29)30/h1-7,10-11,13-14,22-23,27-28H,8-9,12,15-16H2,(H,29,30)/t22-,23+/m1/s1. The first kappa shape index (κ1) is 21.0. The first-order valence-electron chi connectivity index (χ1n) is 10.5. The number of carboxylic acid groups (broad SMARTS) is 1. The number of hydrogen-bond donors (Lipinski definition) is 3. The van der Waals surface area contributed by atoms with Crippen LogP contribution in [0.25, 0.3) is 0 Å². The van der Waals surface area contributed by atoms with Gasteiger partial charge in [0.2, 0.25) is 0 Å². The molecule has 0 aliphatic carbocycles. The average molecular weight is 418 g/mol. The van der Waals surface area contributed by atoms with Crippen molar-refractivity contribution in [3.05, 3.63) is 94.8 Å². The maximum absolute atomic E-state index is 11.0. The average Bonchev–Trinajstić information content (AvgIpc) is 2.80. The second-order valence-corrected chi connectivity index (χ2v) is 7.86. The molecule has 160 valence electrons. The number of carbonyl (C=O) groups is 1. The Labute approximate surface area is 181 Å². The molecule has 0 spiro atoms. The number of ether oxygens (including phenoxy) is 1. The number of rotatable bonds is 8. The second kappa shape index (κ2) is 9.73. The van der Waals surface area contributed by atoms with E-state index in [9.17, 15) is 9.90 Å². The summed E-state index contributed by atoms with van der Waals surface area (Å²) in [6.45, 7) is 1.13. The fourth-order valence-corrected chi connectivity index (χ4v) is 3.82. The van der Waals surface area contributed by atoms with Crippen molar-refractivity contribution in [2.24, 2.45) is 0 Å². The third-order valence-electron chi connectivity index (χ3n) is 5.54. The molecule has 0 radical (unpaired) electrons. The Kier molecular flexibility index (Phi) is 6.60. The van der Waals surface area contributed by atoms with E-state index in [0.29, 0.717) is 18.7 Å². The lowest BCUT2D eigenvalue weighted by Gasteiger charge is -2.27. The minimum atomic E-state index is -0.909. The summed E-state index contributed by atoms with van der Waals surface area (Å²) in [5, 5.41) is 22.5. The van der Waals surface area contributed by atoms with Crippen molar-refractivity contribution in [1.29, 1.82) is 0 Å². The molecular formula is C25H26N2O4. The molecule has 31 heavy (non-hydrogen) atoms. The predicted molar refractivity (Wildman–Crippen MR) is 117 cm³/mol. The summed E-state index contributed by atoms with van der Waals surface area (Å²) in [5.74, 6) is 0.00365. The lowest BCUT2D eigenvalue weighted by Crippen LogP contribution is -2.36. The molecule has 6 nitrogen and oxygen atoms in total. The zero-order chi connectivity index (χ0) is 21.6. The highest BCUT2D eigenvalue weighted by molar-refractivity contribution is 5.87. The van der Waals surface area contributed by atoms with E-state index in [1.54, 1.807) is 24.5 Å². The first-order chi connectivity index (χ1) is 15.1. The van der Waals surface area contributed by atoms with Gasteiger partial charge in [-0.3, -0.25) is 4.98 Å². The van der Waals surface area contributed by atoms with E-state index in [1.807, 2.05) is 30.3 Å². The number of pyridine rings is 1. The molecule has 0 bridgehead atoms. The van der Waals surface area contributed by atoms with Crippen LogP contribution in [0, 0.1) is 0 Å². The quantitative estimate of drug-likeness (QED) is 0.519. The Morgan fingerprint density at radius 2 is 1.97 bits per heavy atom. The van der Waals surface area contributed by atoms with Crippen LogP contribution in [0.1, 0.15) is 45.1 Å². The van der Waals surface area contributed by atoms with Crippen LogP contribution < -0.4 is 10.1 Å². The molecule has 0 saturated heterocycles. The molecule has 1 aromatic heterocycles. The van der Waals surface area contributed by atoms with Crippen LogP contribution in [0.3, 0.4) is 0 Å². The number of aromatic nitrogens is 1. The van der Waals surface area contributed by atoms with Gasteiger partial charge in [0.1, 0.15) is 11.9 Å². The van der Waals surface area contributed by atoms with Crippen LogP contribution in [-0.2, 0) is 12.8 Å². The number of fused-ring (bicyclic) bond motifs is 1. The molecule has 3 N–H and O–H groups in total. The Bertz CT molecular complexity index is 1020. The molecule has 1 aliphatic heterocycles. The van der Waals surface area contributed by atoms with Gasteiger partial charge in [0.05, 0.1) is 11.7 Å². The van der Waals surface area contributed by atoms with Crippen LogP contribution in [0.5, 0.6) is 5.75 Å². The lowest BCUT2D eigenvalue weighted by molar-refractivity contribution is 0.0697. The molecule has 0 saturated carbocycles. The molecule has 0 amide bonds. The Hall–Kier alpha value is -3.22. The summed E-state index contributed by atoms with van der Waals surface area (Å²) in [4.78, 5) is 15.0. The van der Waals surface area contributed by atoms with Crippen LogP contribution >= 0.6 is 0 Å². The van der Waals surface area contributed by atoms with Crippen LogP contribution in [0.4, 0.5) is 0 Å². The van der Waals surface area contributed by atoms with E-state index in [-0.39, 0.29) is 6.10 Å². The largest absolute Gasteiger partial charge is 0.489 e. The van der Waals surface area contributed by atoms with E-state index >= 15 is 0 Å². The van der Waals surface area contributed by atoms with Gasteiger partial charge in [0, 0.05) is 31.0 Å². The van der Waals surface area contributed by atoms with Crippen molar-refractivity contribution in [3.8, 4) is 5.75 Å². The van der Waals surface area contributed by atoms with E-state index in [1.165, 1.54) is 11.1 Å².